The number of aryl methyl sites for hydroxylation is 2. The third kappa shape index (κ3) is 4.17. The minimum absolute atomic E-state index is 0. The van der Waals surface area contributed by atoms with Gasteiger partial charge in [0.05, 0.1) is 0 Å². The first kappa shape index (κ1) is 25.2. The summed E-state index contributed by atoms with van der Waals surface area (Å²) in [6.07, 6.45) is 0. The predicted octanol–water partition coefficient (Wildman–Crippen LogP) is 6.44. The van der Waals surface area contributed by atoms with Crippen LogP contribution in [0.15, 0.2) is 84.9 Å². The topological polar surface area (TPSA) is 0 Å². The minimum atomic E-state index is -2.23. The normalized spacial score (nSPS) is 10.6. The van der Waals surface area contributed by atoms with Gasteiger partial charge in [0.1, 0.15) is 0 Å². The fourth-order valence-electron chi connectivity index (χ4n) is 5.11. The Morgan fingerprint density at radius 1 is 0.559 bits per heavy atom. The predicted molar refractivity (Wildman–Crippen MR) is 156 cm³/mol. The molecule has 2 heterocycles. The summed E-state index contributed by atoms with van der Waals surface area (Å²) < 4.78 is 7.68. The summed E-state index contributed by atoms with van der Waals surface area (Å²) in [6.45, 7) is 9.36. The van der Waals surface area contributed by atoms with Crippen molar-refractivity contribution in [2.45, 2.75) is 13.8 Å². The first-order chi connectivity index (χ1) is 15.6. The molecule has 0 spiro atoms. The Kier molecular flexibility index (Phi) is 7.39. The molecule has 0 amide bonds. The number of benzene rings is 4. The van der Waals surface area contributed by atoms with Gasteiger partial charge in [-0.3, -0.25) is 0 Å². The number of hydrogen-bond acceptors (Lipinski definition) is 0. The summed E-state index contributed by atoms with van der Waals surface area (Å²) >= 11 is -2.23. The van der Waals surface area contributed by atoms with Crippen LogP contribution in [0.1, 0.15) is 11.1 Å². The van der Waals surface area contributed by atoms with E-state index in [0.29, 0.717) is 0 Å². The second-order valence-corrected chi connectivity index (χ2v) is 14.0. The Bertz CT molecular complexity index is 1600. The quantitative estimate of drug-likeness (QED) is 0.216. The van der Waals surface area contributed by atoms with Crippen LogP contribution < -0.4 is 6.33 Å². The van der Waals surface area contributed by atoms with Crippen molar-refractivity contribution in [2.24, 2.45) is 0 Å². The summed E-state index contributed by atoms with van der Waals surface area (Å²) in [7, 11) is 0. The molecule has 0 nitrogen and oxygen atoms in total. The van der Waals surface area contributed by atoms with E-state index in [0.717, 1.165) is 0 Å². The SMILES string of the molecule is Cl.Cl.[CH2]=[Zr]([c]1bc2c(C)c3ccccc3cc2cc1)[c]1bc2c(C)c3ccccc3cc2cc1. The van der Waals surface area contributed by atoms with Gasteiger partial charge in [-0.2, -0.15) is 0 Å². The third-order valence-corrected chi connectivity index (χ3v) is 11.9. The molecule has 0 unspecified atom stereocenters. The van der Waals surface area contributed by atoms with Gasteiger partial charge in [-0.15, -0.1) is 24.8 Å². The van der Waals surface area contributed by atoms with Crippen molar-refractivity contribution in [3.05, 3.63) is 96.1 Å². The summed E-state index contributed by atoms with van der Waals surface area (Å²) in [4.78, 5) is 0. The van der Waals surface area contributed by atoms with E-state index in [1.807, 2.05) is 0 Å². The van der Waals surface area contributed by atoms with Crippen LogP contribution in [-0.2, 0) is 21.3 Å². The van der Waals surface area contributed by atoms with Gasteiger partial charge in [0, 0.05) is 0 Å². The fraction of sp³-hybridized carbons (Fsp3) is 0.0690. The van der Waals surface area contributed by atoms with Crippen molar-refractivity contribution >= 4 is 92.1 Å². The zero-order chi connectivity index (χ0) is 21.8. The molecule has 5 heteroatoms. The third-order valence-electron chi connectivity index (χ3n) is 6.96. The molecule has 0 atom stereocenters. The number of fused-ring (bicyclic) bond motifs is 4. The van der Waals surface area contributed by atoms with Crippen LogP contribution >= 0.6 is 24.8 Å². The van der Waals surface area contributed by atoms with Crippen LogP contribution in [0.3, 0.4) is 0 Å². The molecule has 0 saturated carbocycles. The van der Waals surface area contributed by atoms with E-state index in [-0.39, 0.29) is 24.8 Å². The van der Waals surface area contributed by atoms with Crippen molar-refractivity contribution in [1.82, 2.24) is 0 Å². The molecule has 0 fully saturated rings. The molecular weight excluding hydrogens is 532 g/mol. The Morgan fingerprint density at radius 2 is 0.971 bits per heavy atom. The zero-order valence-electron chi connectivity index (χ0n) is 19.3. The molecule has 4 aromatic carbocycles. The van der Waals surface area contributed by atoms with Crippen LogP contribution in [0.4, 0.5) is 0 Å². The zero-order valence-corrected chi connectivity index (χ0v) is 23.4. The second kappa shape index (κ2) is 9.98. The average molecular weight is 556 g/mol. The van der Waals surface area contributed by atoms with Crippen LogP contribution in [0.25, 0.3) is 42.9 Å². The van der Waals surface area contributed by atoms with Crippen LogP contribution in [-0.4, -0.2) is 18.0 Å². The first-order valence-electron chi connectivity index (χ1n) is 11.1. The van der Waals surface area contributed by atoms with Crippen molar-refractivity contribution < 1.29 is 21.3 Å². The van der Waals surface area contributed by atoms with E-state index in [1.165, 1.54) is 60.3 Å². The van der Waals surface area contributed by atoms with Crippen molar-refractivity contribution in [3.8, 4) is 0 Å². The number of rotatable bonds is 2. The summed E-state index contributed by atoms with van der Waals surface area (Å²) in [6, 6.07) is 31.3. The van der Waals surface area contributed by atoms with Gasteiger partial charge in [0.15, 0.2) is 0 Å². The van der Waals surface area contributed by atoms with E-state index in [2.05, 4.69) is 113 Å². The summed E-state index contributed by atoms with van der Waals surface area (Å²) in [5.41, 5.74) is 2.74. The molecule has 0 aliphatic carbocycles. The maximum atomic E-state index is 4.77. The molecule has 6 aromatic rings. The van der Waals surface area contributed by atoms with Gasteiger partial charge < -0.3 is 0 Å². The monoisotopic (exact) mass is 554 g/mol. The van der Waals surface area contributed by atoms with E-state index in [9.17, 15) is 0 Å². The Hall–Kier alpha value is -1.92. The number of hydrogen-bond donors (Lipinski definition) is 0. The summed E-state index contributed by atoms with van der Waals surface area (Å²) in [5, 5.41) is 10.7. The maximum absolute atomic E-state index is 4.77. The Morgan fingerprint density at radius 3 is 1.41 bits per heavy atom. The molecule has 0 radical (unpaired) electrons. The van der Waals surface area contributed by atoms with Gasteiger partial charge in [-0.05, 0) is 0 Å². The molecule has 6 rings (SSSR count). The molecule has 0 aliphatic rings. The standard InChI is InChI=1S/2C14H10B.CH2.2ClH.Zr/c2*1-10-13-7-3-2-5-11(13)9-12-6-4-8-15-14(10)12;;;;/h2*2-7,9H,1H3;1H2;2*1H;. The van der Waals surface area contributed by atoms with Crippen molar-refractivity contribution in [1.29, 1.82) is 0 Å². The molecule has 2 aromatic heterocycles. The van der Waals surface area contributed by atoms with E-state index < -0.39 is 21.3 Å². The second-order valence-electron chi connectivity index (χ2n) is 8.80. The Balaban J connectivity index is 0.00000137. The van der Waals surface area contributed by atoms with E-state index in [1.54, 1.807) is 0 Å². The molecule has 0 bridgehead atoms. The molecule has 0 N–H and O–H groups in total. The summed E-state index contributed by atoms with van der Waals surface area (Å²) in [5.74, 6) is 0. The Labute approximate surface area is 221 Å². The van der Waals surface area contributed by atoms with Crippen LogP contribution in [0.2, 0.25) is 0 Å². The van der Waals surface area contributed by atoms with Crippen LogP contribution in [0.5, 0.6) is 0 Å². The molecule has 164 valence electrons. The van der Waals surface area contributed by atoms with Crippen LogP contribution in [0, 0.1) is 13.8 Å². The van der Waals surface area contributed by atoms with Crippen molar-refractivity contribution in [3.63, 3.8) is 0 Å². The molecule has 34 heavy (non-hydrogen) atoms. The molecule has 0 aliphatic heterocycles. The molecule has 0 saturated heterocycles. The average Bonchev–Trinajstić information content (AvgIpc) is 2.84. The fourth-order valence-corrected chi connectivity index (χ4v) is 8.89. The van der Waals surface area contributed by atoms with E-state index in [4.69, 9.17) is 4.21 Å². The van der Waals surface area contributed by atoms with Gasteiger partial charge in [0.2, 0.25) is 0 Å². The molecular formula is C29H24B2Cl2Zr. The van der Waals surface area contributed by atoms with E-state index >= 15 is 0 Å². The number of halogens is 2. The van der Waals surface area contributed by atoms with Gasteiger partial charge in [-0.1, -0.05) is 0 Å². The first-order valence-corrected chi connectivity index (χ1v) is 15.3. The van der Waals surface area contributed by atoms with Gasteiger partial charge in [0.25, 0.3) is 0 Å². The van der Waals surface area contributed by atoms with Crippen molar-refractivity contribution in [2.75, 3.05) is 0 Å². The van der Waals surface area contributed by atoms with Gasteiger partial charge in [-0.25, -0.2) is 0 Å². The van der Waals surface area contributed by atoms with Gasteiger partial charge >= 0.3 is 198 Å².